The summed E-state index contributed by atoms with van der Waals surface area (Å²) in [7, 11) is 0. The maximum atomic E-state index is 11.6. The molecule has 0 bridgehead atoms. The van der Waals surface area contributed by atoms with E-state index in [0.29, 0.717) is 6.54 Å². The number of aromatic nitrogens is 2. The monoisotopic (exact) mass is 272 g/mol. The number of hydrogen-bond donors (Lipinski definition) is 2. The third kappa shape index (κ3) is 3.68. The van der Waals surface area contributed by atoms with Gasteiger partial charge in [0.25, 0.3) is 0 Å². The molecule has 2 aromatic rings. The molecule has 1 atom stereocenters. The summed E-state index contributed by atoms with van der Waals surface area (Å²) in [5, 5.41) is 7.41. The molecule has 0 aliphatic carbocycles. The first-order chi connectivity index (χ1) is 9.70. The van der Waals surface area contributed by atoms with E-state index in [0.717, 1.165) is 24.1 Å². The highest BCUT2D eigenvalue weighted by Crippen LogP contribution is 2.13. The van der Waals surface area contributed by atoms with Crippen molar-refractivity contribution >= 4 is 5.91 Å². The third-order valence-electron chi connectivity index (χ3n) is 3.08. The summed E-state index contributed by atoms with van der Waals surface area (Å²) in [5.41, 5.74) is 7.40. The first kappa shape index (κ1) is 14.3. The van der Waals surface area contributed by atoms with Gasteiger partial charge in [0.1, 0.15) is 6.04 Å². The number of nitrogens with one attached hydrogen (secondary N) is 1. The van der Waals surface area contributed by atoms with Crippen LogP contribution in [-0.2, 0) is 17.9 Å². The molecule has 20 heavy (non-hydrogen) atoms. The van der Waals surface area contributed by atoms with Crippen LogP contribution in [0.5, 0.6) is 0 Å². The molecule has 5 nitrogen and oxygen atoms in total. The number of rotatable bonds is 7. The van der Waals surface area contributed by atoms with Gasteiger partial charge in [0.15, 0.2) is 0 Å². The summed E-state index contributed by atoms with van der Waals surface area (Å²) in [6.45, 7) is 3.51. The van der Waals surface area contributed by atoms with E-state index in [4.69, 9.17) is 5.73 Å². The van der Waals surface area contributed by atoms with Gasteiger partial charge in [-0.05, 0) is 12.0 Å². The van der Waals surface area contributed by atoms with Crippen LogP contribution >= 0.6 is 0 Å². The highest BCUT2D eigenvalue weighted by Gasteiger charge is 2.18. The van der Waals surface area contributed by atoms with Crippen molar-refractivity contribution in [2.45, 2.75) is 32.5 Å². The lowest BCUT2D eigenvalue weighted by Crippen LogP contribution is -2.33. The molecular weight excluding hydrogens is 252 g/mol. The van der Waals surface area contributed by atoms with Gasteiger partial charge in [-0.25, -0.2) is 0 Å². The Morgan fingerprint density at radius 3 is 2.80 bits per heavy atom. The van der Waals surface area contributed by atoms with Crippen molar-refractivity contribution in [2.75, 3.05) is 0 Å². The number of hydrogen-bond acceptors (Lipinski definition) is 3. The van der Waals surface area contributed by atoms with Gasteiger partial charge in [-0.3, -0.25) is 14.8 Å². The fourth-order valence-electron chi connectivity index (χ4n) is 2.08. The van der Waals surface area contributed by atoms with Crippen molar-refractivity contribution in [3.05, 3.63) is 53.9 Å². The number of aryl methyl sites for hydroxylation is 1. The molecule has 0 radical (unpaired) electrons. The van der Waals surface area contributed by atoms with Gasteiger partial charge in [0.05, 0.1) is 6.20 Å². The van der Waals surface area contributed by atoms with E-state index in [-0.39, 0.29) is 0 Å². The predicted molar refractivity (Wildman–Crippen MR) is 77.7 cm³/mol. The highest BCUT2D eigenvalue weighted by molar-refractivity contribution is 5.81. The largest absolute Gasteiger partial charge is 0.368 e. The summed E-state index contributed by atoms with van der Waals surface area (Å²) in [4.78, 5) is 11.6. The van der Waals surface area contributed by atoms with E-state index in [1.807, 2.05) is 41.2 Å². The average molecular weight is 272 g/mol. The van der Waals surface area contributed by atoms with Crippen LogP contribution in [0.4, 0.5) is 0 Å². The molecule has 0 aliphatic rings. The van der Waals surface area contributed by atoms with Gasteiger partial charge in [-0.1, -0.05) is 37.3 Å². The smallest absolute Gasteiger partial charge is 0.239 e. The van der Waals surface area contributed by atoms with E-state index in [1.165, 1.54) is 0 Å². The molecule has 0 fully saturated rings. The molecule has 1 aromatic carbocycles. The molecule has 0 spiro atoms. The Labute approximate surface area is 118 Å². The fraction of sp³-hybridized carbons (Fsp3) is 0.333. The number of primary amides is 1. The number of amides is 1. The topological polar surface area (TPSA) is 72.9 Å². The standard InChI is InChI=1S/C15H20N4O/c1-2-8-19-11-13(10-18-19)14(15(16)20)17-9-12-6-4-3-5-7-12/h3-7,10-11,14,17H,2,8-9H2,1H3,(H2,16,20). The molecule has 106 valence electrons. The van der Waals surface area contributed by atoms with Crippen LogP contribution < -0.4 is 11.1 Å². The molecule has 5 heteroatoms. The highest BCUT2D eigenvalue weighted by atomic mass is 16.1. The zero-order chi connectivity index (χ0) is 14.4. The minimum Gasteiger partial charge on any atom is -0.368 e. The van der Waals surface area contributed by atoms with E-state index in [2.05, 4.69) is 17.3 Å². The van der Waals surface area contributed by atoms with Gasteiger partial charge >= 0.3 is 0 Å². The Kier molecular flexibility index (Phi) is 4.90. The number of carbonyl (C=O) groups excluding carboxylic acids is 1. The Bertz CT molecular complexity index is 550. The molecule has 2 rings (SSSR count). The van der Waals surface area contributed by atoms with Crippen LogP contribution in [0.1, 0.15) is 30.5 Å². The number of benzene rings is 1. The van der Waals surface area contributed by atoms with E-state index in [9.17, 15) is 4.79 Å². The lowest BCUT2D eigenvalue weighted by molar-refractivity contribution is -0.120. The van der Waals surface area contributed by atoms with E-state index in [1.54, 1.807) is 6.20 Å². The van der Waals surface area contributed by atoms with Crippen molar-refractivity contribution in [3.8, 4) is 0 Å². The minimum absolute atomic E-state index is 0.392. The van der Waals surface area contributed by atoms with Crippen molar-refractivity contribution in [2.24, 2.45) is 5.73 Å². The molecule has 0 aliphatic heterocycles. The molecule has 1 heterocycles. The quantitative estimate of drug-likeness (QED) is 0.804. The molecule has 3 N–H and O–H groups in total. The van der Waals surface area contributed by atoms with Crippen molar-refractivity contribution < 1.29 is 4.79 Å². The zero-order valence-electron chi connectivity index (χ0n) is 11.6. The van der Waals surface area contributed by atoms with Gasteiger partial charge in [0, 0.05) is 24.8 Å². The molecule has 1 amide bonds. The molecule has 1 unspecified atom stereocenters. The van der Waals surface area contributed by atoms with Gasteiger partial charge in [0.2, 0.25) is 5.91 Å². The molecule has 0 saturated heterocycles. The lowest BCUT2D eigenvalue weighted by Gasteiger charge is -2.13. The maximum Gasteiger partial charge on any atom is 0.239 e. The van der Waals surface area contributed by atoms with Crippen molar-refractivity contribution in [1.82, 2.24) is 15.1 Å². The normalized spacial score (nSPS) is 12.2. The van der Waals surface area contributed by atoms with Crippen LogP contribution in [0.25, 0.3) is 0 Å². The zero-order valence-corrected chi connectivity index (χ0v) is 11.6. The van der Waals surface area contributed by atoms with Crippen LogP contribution in [-0.4, -0.2) is 15.7 Å². The second-order valence-corrected chi connectivity index (χ2v) is 4.74. The minimum atomic E-state index is -0.513. The summed E-state index contributed by atoms with van der Waals surface area (Å²) in [6.07, 6.45) is 4.57. The van der Waals surface area contributed by atoms with Gasteiger partial charge in [-0.15, -0.1) is 0 Å². The molecular formula is C15H20N4O. The molecule has 0 saturated carbocycles. The number of carbonyl (C=O) groups is 1. The Balaban J connectivity index is 2.04. The Hall–Kier alpha value is -2.14. The van der Waals surface area contributed by atoms with Crippen LogP contribution in [0, 0.1) is 0 Å². The average Bonchev–Trinajstić information content (AvgIpc) is 2.89. The Morgan fingerprint density at radius 2 is 2.15 bits per heavy atom. The van der Waals surface area contributed by atoms with Crippen LogP contribution in [0.3, 0.4) is 0 Å². The predicted octanol–water partition coefficient (Wildman–Crippen LogP) is 1.61. The summed E-state index contributed by atoms with van der Waals surface area (Å²) in [6, 6.07) is 9.40. The number of nitrogens with two attached hydrogens (primary N) is 1. The molecule has 1 aromatic heterocycles. The Morgan fingerprint density at radius 1 is 1.40 bits per heavy atom. The first-order valence-electron chi connectivity index (χ1n) is 6.79. The summed E-state index contributed by atoms with van der Waals surface area (Å²) >= 11 is 0. The second-order valence-electron chi connectivity index (χ2n) is 4.74. The van der Waals surface area contributed by atoms with E-state index < -0.39 is 11.9 Å². The van der Waals surface area contributed by atoms with Crippen LogP contribution in [0.2, 0.25) is 0 Å². The van der Waals surface area contributed by atoms with E-state index >= 15 is 0 Å². The fourth-order valence-corrected chi connectivity index (χ4v) is 2.08. The SMILES string of the molecule is CCCn1cc(C(NCc2ccccc2)C(N)=O)cn1. The maximum absolute atomic E-state index is 11.6. The second kappa shape index (κ2) is 6.86. The van der Waals surface area contributed by atoms with Gasteiger partial charge in [-0.2, -0.15) is 5.10 Å². The summed E-state index contributed by atoms with van der Waals surface area (Å²) in [5.74, 6) is -0.392. The lowest BCUT2D eigenvalue weighted by atomic mass is 10.1. The van der Waals surface area contributed by atoms with Crippen molar-refractivity contribution in [3.63, 3.8) is 0 Å². The third-order valence-corrected chi connectivity index (χ3v) is 3.08. The van der Waals surface area contributed by atoms with Crippen molar-refractivity contribution in [1.29, 1.82) is 0 Å². The van der Waals surface area contributed by atoms with Crippen LogP contribution in [0.15, 0.2) is 42.7 Å². The number of nitrogens with zero attached hydrogens (tertiary/aromatic N) is 2. The first-order valence-corrected chi connectivity index (χ1v) is 6.79. The summed E-state index contributed by atoms with van der Waals surface area (Å²) < 4.78 is 1.83. The van der Waals surface area contributed by atoms with Gasteiger partial charge < -0.3 is 5.73 Å².